The van der Waals surface area contributed by atoms with Gasteiger partial charge < -0.3 is 10.6 Å². The van der Waals surface area contributed by atoms with Gasteiger partial charge in [0.25, 0.3) is 0 Å². The van der Waals surface area contributed by atoms with Crippen LogP contribution in [0.3, 0.4) is 0 Å². The van der Waals surface area contributed by atoms with E-state index in [2.05, 4.69) is 41.8 Å². The summed E-state index contributed by atoms with van der Waals surface area (Å²) in [5.41, 5.74) is 3.26. The molecule has 80 valence electrons. The summed E-state index contributed by atoms with van der Waals surface area (Å²) in [6.07, 6.45) is 2.46. The summed E-state index contributed by atoms with van der Waals surface area (Å²) in [6, 6.07) is 9.44. The van der Waals surface area contributed by atoms with Crippen molar-refractivity contribution in [3.8, 4) is 0 Å². The highest BCUT2D eigenvalue weighted by molar-refractivity contribution is 5.39. The van der Waals surface area contributed by atoms with Gasteiger partial charge in [0.15, 0.2) is 0 Å². The normalized spacial score (nSPS) is 34.3. The molecule has 2 unspecified atom stereocenters. The Balaban J connectivity index is 2.00. The van der Waals surface area contributed by atoms with Gasteiger partial charge in [0, 0.05) is 19.1 Å². The van der Waals surface area contributed by atoms with E-state index in [1.165, 1.54) is 24.0 Å². The molecule has 0 amide bonds. The number of rotatable bonds is 0. The van der Waals surface area contributed by atoms with Crippen LogP contribution >= 0.6 is 0 Å². The van der Waals surface area contributed by atoms with E-state index in [1.807, 2.05) is 0 Å². The Morgan fingerprint density at radius 2 is 2.20 bits per heavy atom. The van der Waals surface area contributed by atoms with Gasteiger partial charge in [-0.3, -0.25) is 0 Å². The van der Waals surface area contributed by atoms with Gasteiger partial charge in [-0.15, -0.1) is 0 Å². The summed E-state index contributed by atoms with van der Waals surface area (Å²) >= 11 is 0. The number of hydrogen-bond acceptors (Lipinski definition) is 2. The van der Waals surface area contributed by atoms with Crippen LogP contribution in [-0.4, -0.2) is 19.1 Å². The van der Waals surface area contributed by atoms with Gasteiger partial charge in [0.05, 0.1) is 5.54 Å². The van der Waals surface area contributed by atoms with Crippen LogP contribution in [-0.2, 0) is 12.0 Å². The number of piperazine rings is 1. The first-order chi connectivity index (χ1) is 7.30. The molecule has 15 heavy (non-hydrogen) atoms. The van der Waals surface area contributed by atoms with Crippen LogP contribution in [0.4, 0.5) is 0 Å². The van der Waals surface area contributed by atoms with Crippen LogP contribution in [0.1, 0.15) is 24.5 Å². The highest BCUT2D eigenvalue weighted by Crippen LogP contribution is 2.37. The van der Waals surface area contributed by atoms with Gasteiger partial charge in [-0.2, -0.15) is 0 Å². The molecule has 2 N–H and O–H groups in total. The van der Waals surface area contributed by atoms with Crippen LogP contribution in [0.15, 0.2) is 24.3 Å². The van der Waals surface area contributed by atoms with Crippen molar-refractivity contribution in [2.45, 2.75) is 31.3 Å². The van der Waals surface area contributed by atoms with Crippen molar-refractivity contribution in [2.24, 2.45) is 0 Å². The lowest BCUT2D eigenvalue weighted by Crippen LogP contribution is -2.59. The Morgan fingerprint density at radius 3 is 3.07 bits per heavy atom. The summed E-state index contributed by atoms with van der Waals surface area (Å²) in [5, 5.41) is 7.33. The second kappa shape index (κ2) is 3.32. The SMILES string of the molecule is CC1CNCC2(CCc3ccccc32)N1. The number of fused-ring (bicyclic) bond motifs is 2. The average molecular weight is 202 g/mol. The lowest BCUT2D eigenvalue weighted by Gasteiger charge is -2.40. The second-order valence-corrected chi connectivity index (χ2v) is 4.92. The Kier molecular flexibility index (Phi) is 2.08. The largest absolute Gasteiger partial charge is 0.313 e. The predicted octanol–water partition coefficient (Wildman–Crippen LogP) is 1.41. The van der Waals surface area contributed by atoms with E-state index in [1.54, 1.807) is 0 Å². The maximum Gasteiger partial charge on any atom is 0.0569 e. The molecular formula is C13H18N2. The van der Waals surface area contributed by atoms with E-state index in [4.69, 9.17) is 0 Å². The van der Waals surface area contributed by atoms with Crippen LogP contribution < -0.4 is 10.6 Å². The molecule has 2 aliphatic rings. The zero-order valence-corrected chi connectivity index (χ0v) is 9.22. The lowest BCUT2D eigenvalue weighted by atomic mass is 9.89. The van der Waals surface area contributed by atoms with Gasteiger partial charge in [-0.05, 0) is 30.9 Å². The van der Waals surface area contributed by atoms with Gasteiger partial charge >= 0.3 is 0 Å². The van der Waals surface area contributed by atoms with Crippen molar-refractivity contribution in [2.75, 3.05) is 13.1 Å². The molecule has 1 fully saturated rings. The maximum atomic E-state index is 3.79. The third kappa shape index (κ3) is 1.40. The monoisotopic (exact) mass is 202 g/mol. The summed E-state index contributed by atoms with van der Waals surface area (Å²) in [4.78, 5) is 0. The van der Waals surface area contributed by atoms with Crippen molar-refractivity contribution < 1.29 is 0 Å². The number of hydrogen-bond donors (Lipinski definition) is 2. The summed E-state index contributed by atoms with van der Waals surface area (Å²) < 4.78 is 0. The molecule has 1 saturated heterocycles. The molecule has 1 heterocycles. The van der Waals surface area contributed by atoms with E-state index >= 15 is 0 Å². The summed E-state index contributed by atoms with van der Waals surface area (Å²) in [5.74, 6) is 0. The molecule has 0 radical (unpaired) electrons. The summed E-state index contributed by atoms with van der Waals surface area (Å²) in [7, 11) is 0. The minimum Gasteiger partial charge on any atom is -0.313 e. The first-order valence-corrected chi connectivity index (χ1v) is 5.87. The van der Waals surface area contributed by atoms with Crippen molar-refractivity contribution in [3.63, 3.8) is 0 Å². The first-order valence-electron chi connectivity index (χ1n) is 5.87. The summed E-state index contributed by atoms with van der Waals surface area (Å²) in [6.45, 7) is 4.42. The Bertz CT molecular complexity index is 371. The van der Waals surface area contributed by atoms with Gasteiger partial charge in [-0.25, -0.2) is 0 Å². The van der Waals surface area contributed by atoms with Gasteiger partial charge in [0.1, 0.15) is 0 Å². The highest BCUT2D eigenvalue weighted by Gasteiger charge is 2.40. The molecule has 0 bridgehead atoms. The molecule has 2 heteroatoms. The average Bonchev–Trinajstić information content (AvgIpc) is 2.59. The fraction of sp³-hybridized carbons (Fsp3) is 0.538. The molecule has 0 aromatic heterocycles. The van der Waals surface area contributed by atoms with Gasteiger partial charge in [-0.1, -0.05) is 24.3 Å². The van der Waals surface area contributed by atoms with Crippen LogP contribution in [0.5, 0.6) is 0 Å². The predicted molar refractivity (Wildman–Crippen MR) is 61.9 cm³/mol. The van der Waals surface area contributed by atoms with Crippen LogP contribution in [0.25, 0.3) is 0 Å². The molecule has 1 aromatic rings. The Labute approximate surface area is 91.1 Å². The molecule has 2 atom stereocenters. The fourth-order valence-electron chi connectivity index (χ4n) is 3.10. The van der Waals surface area contributed by atoms with E-state index in [-0.39, 0.29) is 5.54 Å². The van der Waals surface area contributed by atoms with E-state index in [0.717, 1.165) is 13.1 Å². The Morgan fingerprint density at radius 1 is 1.33 bits per heavy atom. The zero-order chi connectivity index (χ0) is 10.3. The molecule has 1 aliphatic carbocycles. The van der Waals surface area contributed by atoms with Crippen molar-refractivity contribution in [1.82, 2.24) is 10.6 Å². The molecular weight excluding hydrogens is 184 g/mol. The van der Waals surface area contributed by atoms with Gasteiger partial charge in [0.2, 0.25) is 0 Å². The molecule has 0 saturated carbocycles. The maximum absolute atomic E-state index is 3.79. The minimum atomic E-state index is 0.217. The third-order valence-electron chi connectivity index (χ3n) is 3.75. The quantitative estimate of drug-likeness (QED) is 0.664. The first kappa shape index (κ1) is 9.37. The lowest BCUT2D eigenvalue weighted by molar-refractivity contribution is 0.233. The second-order valence-electron chi connectivity index (χ2n) is 4.92. The third-order valence-corrected chi connectivity index (χ3v) is 3.75. The van der Waals surface area contributed by atoms with Crippen LogP contribution in [0.2, 0.25) is 0 Å². The molecule has 2 nitrogen and oxygen atoms in total. The number of benzene rings is 1. The molecule has 1 aromatic carbocycles. The Hall–Kier alpha value is -0.860. The van der Waals surface area contributed by atoms with Crippen LogP contribution in [0, 0.1) is 0 Å². The van der Waals surface area contributed by atoms with Crippen molar-refractivity contribution >= 4 is 0 Å². The molecule has 1 aliphatic heterocycles. The molecule has 3 rings (SSSR count). The van der Waals surface area contributed by atoms with Crippen molar-refractivity contribution in [1.29, 1.82) is 0 Å². The standard InChI is InChI=1S/C13H18N2/c1-10-8-14-9-13(15-10)7-6-11-4-2-3-5-12(11)13/h2-5,10,14-15H,6-9H2,1H3. The number of nitrogens with one attached hydrogen (secondary N) is 2. The fourth-order valence-corrected chi connectivity index (χ4v) is 3.10. The smallest absolute Gasteiger partial charge is 0.0569 e. The topological polar surface area (TPSA) is 24.1 Å². The van der Waals surface area contributed by atoms with E-state index in [9.17, 15) is 0 Å². The molecule has 1 spiro atoms. The zero-order valence-electron chi connectivity index (χ0n) is 9.22. The number of aryl methyl sites for hydroxylation is 1. The highest BCUT2D eigenvalue weighted by atomic mass is 15.1. The van der Waals surface area contributed by atoms with Crippen molar-refractivity contribution in [3.05, 3.63) is 35.4 Å². The van der Waals surface area contributed by atoms with E-state index < -0.39 is 0 Å². The minimum absolute atomic E-state index is 0.217. The van der Waals surface area contributed by atoms with E-state index in [0.29, 0.717) is 6.04 Å².